The molecule has 1 aliphatic heterocycles. The molecule has 1 rings (SSSR count). The van der Waals surface area contributed by atoms with Crippen molar-refractivity contribution < 1.29 is 14.3 Å². The number of rotatable bonds is 2. The lowest BCUT2D eigenvalue weighted by Crippen LogP contribution is -2.40. The molecule has 0 radical (unpaired) electrons. The van der Waals surface area contributed by atoms with Crippen LogP contribution in [-0.4, -0.2) is 35.5 Å². The Bertz CT molecular complexity index is 270. The number of likely N-dealkylation sites (tertiary alicyclic amines) is 1. The molecule has 0 aromatic carbocycles. The van der Waals surface area contributed by atoms with Crippen molar-refractivity contribution >= 4 is 12.4 Å². The summed E-state index contributed by atoms with van der Waals surface area (Å²) in [6.07, 6.45) is 2.23. The van der Waals surface area contributed by atoms with Crippen LogP contribution in [0.25, 0.3) is 0 Å². The average molecular weight is 227 g/mol. The molecule has 0 aromatic rings. The molecule has 1 fully saturated rings. The summed E-state index contributed by atoms with van der Waals surface area (Å²) in [6, 6.07) is -0.306. The summed E-state index contributed by atoms with van der Waals surface area (Å²) in [4.78, 5) is 24.3. The fourth-order valence-electron chi connectivity index (χ4n) is 1.91. The molecule has 1 aliphatic rings. The molecule has 1 amide bonds. The van der Waals surface area contributed by atoms with Gasteiger partial charge < -0.3 is 9.53 Å². The highest BCUT2D eigenvalue weighted by Gasteiger charge is 2.36. The van der Waals surface area contributed by atoms with E-state index in [0.717, 1.165) is 19.1 Å². The highest BCUT2D eigenvalue weighted by atomic mass is 16.6. The predicted molar refractivity (Wildman–Crippen MR) is 61.2 cm³/mol. The first-order chi connectivity index (χ1) is 7.37. The molecule has 2 atom stereocenters. The van der Waals surface area contributed by atoms with E-state index in [1.165, 1.54) is 0 Å². The maximum Gasteiger partial charge on any atom is 0.410 e. The molecule has 0 N–H and O–H groups in total. The van der Waals surface area contributed by atoms with Gasteiger partial charge in [0, 0.05) is 6.54 Å². The van der Waals surface area contributed by atoms with Crippen molar-refractivity contribution in [3.05, 3.63) is 0 Å². The summed E-state index contributed by atoms with van der Waals surface area (Å²) in [7, 11) is 0. The minimum atomic E-state index is -0.505. The van der Waals surface area contributed by atoms with Crippen LogP contribution in [-0.2, 0) is 9.53 Å². The molecule has 4 nitrogen and oxygen atoms in total. The maximum absolute atomic E-state index is 11.8. The van der Waals surface area contributed by atoms with Crippen LogP contribution in [0.4, 0.5) is 4.79 Å². The summed E-state index contributed by atoms with van der Waals surface area (Å²) in [6.45, 7) is 8.19. The van der Waals surface area contributed by atoms with Crippen molar-refractivity contribution in [3.8, 4) is 0 Å². The Kier molecular flexibility index (Phi) is 3.94. The van der Waals surface area contributed by atoms with Gasteiger partial charge in [0.15, 0.2) is 0 Å². The normalized spacial score (nSPS) is 25.6. The van der Waals surface area contributed by atoms with Crippen LogP contribution in [0.15, 0.2) is 0 Å². The lowest BCUT2D eigenvalue weighted by atomic mass is 10.0. The van der Waals surface area contributed by atoms with E-state index in [1.807, 2.05) is 20.8 Å². The summed E-state index contributed by atoms with van der Waals surface area (Å²) in [5.41, 5.74) is -0.505. The smallest absolute Gasteiger partial charge is 0.410 e. The zero-order valence-corrected chi connectivity index (χ0v) is 10.5. The molecule has 1 heterocycles. The number of amides is 1. The van der Waals surface area contributed by atoms with E-state index >= 15 is 0 Å². The molecule has 0 aromatic heterocycles. The van der Waals surface area contributed by atoms with E-state index in [1.54, 1.807) is 4.90 Å². The van der Waals surface area contributed by atoms with Gasteiger partial charge in [-0.05, 0) is 33.1 Å². The van der Waals surface area contributed by atoms with E-state index in [9.17, 15) is 9.59 Å². The fraction of sp³-hybridized carbons (Fsp3) is 0.833. The first-order valence-electron chi connectivity index (χ1n) is 5.82. The van der Waals surface area contributed by atoms with Gasteiger partial charge in [0.2, 0.25) is 0 Å². The molecule has 16 heavy (non-hydrogen) atoms. The third-order valence-corrected chi connectivity index (χ3v) is 2.79. The van der Waals surface area contributed by atoms with Crippen LogP contribution in [0.5, 0.6) is 0 Å². The molecule has 0 bridgehead atoms. The first kappa shape index (κ1) is 13.0. The van der Waals surface area contributed by atoms with Crippen LogP contribution in [0.1, 0.15) is 40.5 Å². The Morgan fingerprint density at radius 2 is 2.12 bits per heavy atom. The van der Waals surface area contributed by atoms with Crippen molar-refractivity contribution in [2.75, 3.05) is 6.54 Å². The number of nitrogens with zero attached hydrogens (tertiary/aromatic N) is 1. The zero-order valence-electron chi connectivity index (χ0n) is 10.5. The van der Waals surface area contributed by atoms with Crippen molar-refractivity contribution in [3.63, 3.8) is 0 Å². The molecule has 0 aliphatic carbocycles. The van der Waals surface area contributed by atoms with Crippen molar-refractivity contribution in [1.29, 1.82) is 0 Å². The third kappa shape index (κ3) is 3.22. The summed E-state index contributed by atoms with van der Waals surface area (Å²) >= 11 is 0. The number of hydrogen-bond acceptors (Lipinski definition) is 3. The minimum Gasteiger partial charge on any atom is -0.444 e. The van der Waals surface area contributed by atoms with Gasteiger partial charge in [-0.15, -0.1) is 0 Å². The second-order valence-corrected chi connectivity index (χ2v) is 5.35. The van der Waals surface area contributed by atoms with Crippen LogP contribution < -0.4 is 0 Å². The largest absolute Gasteiger partial charge is 0.444 e. The Labute approximate surface area is 96.9 Å². The number of ether oxygens (including phenoxy) is 1. The van der Waals surface area contributed by atoms with Gasteiger partial charge in [-0.25, -0.2) is 4.79 Å². The van der Waals surface area contributed by atoms with Crippen LogP contribution in [0, 0.1) is 5.92 Å². The van der Waals surface area contributed by atoms with E-state index < -0.39 is 5.60 Å². The van der Waals surface area contributed by atoms with Gasteiger partial charge in [-0.1, -0.05) is 13.3 Å². The van der Waals surface area contributed by atoms with E-state index in [-0.39, 0.29) is 12.1 Å². The Morgan fingerprint density at radius 3 is 2.56 bits per heavy atom. The van der Waals surface area contributed by atoms with Crippen LogP contribution in [0.2, 0.25) is 0 Å². The van der Waals surface area contributed by atoms with Gasteiger partial charge in [0.05, 0.1) is 6.04 Å². The lowest BCUT2D eigenvalue weighted by molar-refractivity contribution is -0.111. The second-order valence-electron chi connectivity index (χ2n) is 5.35. The summed E-state index contributed by atoms with van der Waals surface area (Å²) in [5.74, 6) is 0.419. The predicted octanol–water partition coefficient (Wildman–Crippen LogP) is 2.22. The number of carbonyl (C=O) groups is 2. The zero-order chi connectivity index (χ0) is 12.3. The molecular weight excluding hydrogens is 206 g/mol. The Hall–Kier alpha value is -1.06. The van der Waals surface area contributed by atoms with Gasteiger partial charge in [-0.3, -0.25) is 4.90 Å². The van der Waals surface area contributed by atoms with Crippen LogP contribution in [0.3, 0.4) is 0 Å². The van der Waals surface area contributed by atoms with E-state index in [4.69, 9.17) is 4.74 Å². The number of aldehydes is 1. The van der Waals surface area contributed by atoms with E-state index in [2.05, 4.69) is 6.92 Å². The third-order valence-electron chi connectivity index (χ3n) is 2.79. The number of carbonyl (C=O) groups excluding carboxylic acids is 2. The SMILES string of the molecule is CC[C@@H]1C[C@H](C=O)N(C(=O)OC(C)(C)C)C1. The minimum absolute atomic E-state index is 0.306. The first-order valence-corrected chi connectivity index (χ1v) is 5.82. The topological polar surface area (TPSA) is 46.6 Å². The molecular formula is C12H21NO3. The maximum atomic E-state index is 11.8. The molecule has 0 saturated carbocycles. The van der Waals surface area contributed by atoms with Gasteiger partial charge in [0.25, 0.3) is 0 Å². The highest BCUT2D eigenvalue weighted by Crippen LogP contribution is 2.26. The molecule has 92 valence electrons. The van der Waals surface area contributed by atoms with Crippen molar-refractivity contribution in [2.45, 2.75) is 52.2 Å². The Morgan fingerprint density at radius 1 is 1.50 bits per heavy atom. The molecule has 0 unspecified atom stereocenters. The van der Waals surface area contributed by atoms with Gasteiger partial charge in [-0.2, -0.15) is 0 Å². The van der Waals surface area contributed by atoms with Crippen molar-refractivity contribution in [1.82, 2.24) is 4.90 Å². The second kappa shape index (κ2) is 4.85. The van der Waals surface area contributed by atoms with Crippen molar-refractivity contribution in [2.24, 2.45) is 5.92 Å². The highest BCUT2D eigenvalue weighted by molar-refractivity contribution is 5.74. The van der Waals surface area contributed by atoms with Gasteiger partial charge >= 0.3 is 6.09 Å². The monoisotopic (exact) mass is 227 g/mol. The molecule has 4 heteroatoms. The number of hydrogen-bond donors (Lipinski definition) is 0. The standard InChI is InChI=1S/C12H21NO3/c1-5-9-6-10(8-14)13(7-9)11(15)16-12(2,3)4/h8-10H,5-7H2,1-4H3/t9-,10-/m1/s1. The Balaban J connectivity index is 2.64. The molecule has 1 saturated heterocycles. The quantitative estimate of drug-likeness (QED) is 0.679. The fourth-order valence-corrected chi connectivity index (χ4v) is 1.91. The van der Waals surface area contributed by atoms with Gasteiger partial charge in [0.1, 0.15) is 11.9 Å². The van der Waals surface area contributed by atoms with Crippen LogP contribution >= 0.6 is 0 Å². The lowest BCUT2D eigenvalue weighted by Gasteiger charge is -2.26. The van der Waals surface area contributed by atoms with E-state index in [0.29, 0.717) is 12.5 Å². The summed E-state index contributed by atoms with van der Waals surface area (Å²) < 4.78 is 5.27. The molecule has 0 spiro atoms. The average Bonchev–Trinajstić information content (AvgIpc) is 2.58. The summed E-state index contributed by atoms with van der Waals surface area (Å²) in [5, 5.41) is 0.